The maximum absolute atomic E-state index is 13.2. The predicted molar refractivity (Wildman–Crippen MR) is 109 cm³/mol. The van der Waals surface area contributed by atoms with Crippen LogP contribution in [0, 0.1) is 0 Å². The maximum Gasteiger partial charge on any atom is 0.328 e. The molecule has 29 heavy (non-hydrogen) atoms. The van der Waals surface area contributed by atoms with Crippen molar-refractivity contribution in [3.05, 3.63) is 70.7 Å². The summed E-state index contributed by atoms with van der Waals surface area (Å²) in [6.07, 6.45) is 1.14. The highest BCUT2D eigenvalue weighted by atomic mass is 35.5. The van der Waals surface area contributed by atoms with Gasteiger partial charge in [-0.2, -0.15) is 0 Å². The summed E-state index contributed by atoms with van der Waals surface area (Å²) in [5, 5.41) is 10.2. The van der Waals surface area contributed by atoms with Crippen molar-refractivity contribution in [3.8, 4) is 0 Å². The Morgan fingerprint density at radius 2 is 1.72 bits per heavy atom. The molecular formula is C22H23ClN2O4. The van der Waals surface area contributed by atoms with Crippen molar-refractivity contribution in [3.63, 3.8) is 0 Å². The molecule has 0 aliphatic carbocycles. The Morgan fingerprint density at radius 1 is 1.07 bits per heavy atom. The summed E-state index contributed by atoms with van der Waals surface area (Å²) in [5.74, 6) is -1.38. The van der Waals surface area contributed by atoms with Crippen molar-refractivity contribution in [2.75, 3.05) is 19.7 Å². The molecule has 2 heterocycles. The van der Waals surface area contributed by atoms with E-state index in [0.29, 0.717) is 23.4 Å². The topological polar surface area (TPSA) is 70.1 Å². The SMILES string of the molecule is O=C(O)[C@H]1COC2(CCN(Cc3ccccc3)CC2)N1C(=O)c1ccc(Cl)cc1. The van der Waals surface area contributed by atoms with Crippen LogP contribution in [0.3, 0.4) is 0 Å². The first-order valence-electron chi connectivity index (χ1n) is 9.71. The molecule has 0 unspecified atom stereocenters. The summed E-state index contributed by atoms with van der Waals surface area (Å²) in [6.45, 7) is 2.29. The lowest BCUT2D eigenvalue weighted by Gasteiger charge is -2.44. The number of halogens is 1. The number of hydrogen-bond acceptors (Lipinski definition) is 4. The van der Waals surface area contributed by atoms with Gasteiger partial charge in [-0.15, -0.1) is 0 Å². The van der Waals surface area contributed by atoms with E-state index in [2.05, 4.69) is 17.0 Å². The Morgan fingerprint density at radius 3 is 2.34 bits per heavy atom. The zero-order valence-corrected chi connectivity index (χ0v) is 16.7. The van der Waals surface area contributed by atoms with Crippen LogP contribution in [-0.4, -0.2) is 58.2 Å². The molecule has 2 saturated heterocycles. The third kappa shape index (κ3) is 4.01. The molecule has 1 atom stereocenters. The van der Waals surface area contributed by atoms with Crippen molar-refractivity contribution >= 4 is 23.5 Å². The lowest BCUT2D eigenvalue weighted by molar-refractivity contribution is -0.144. The Balaban J connectivity index is 1.53. The van der Waals surface area contributed by atoms with Gasteiger partial charge in [0, 0.05) is 43.1 Å². The third-order valence-corrected chi connectivity index (χ3v) is 5.99. The van der Waals surface area contributed by atoms with Crippen LogP contribution in [0.1, 0.15) is 28.8 Å². The lowest BCUT2D eigenvalue weighted by atomic mass is 9.96. The Labute approximate surface area is 174 Å². The van der Waals surface area contributed by atoms with Gasteiger partial charge in [-0.1, -0.05) is 41.9 Å². The molecule has 0 bridgehead atoms. The van der Waals surface area contributed by atoms with Crippen LogP contribution >= 0.6 is 11.6 Å². The zero-order chi connectivity index (χ0) is 20.4. The fourth-order valence-electron chi connectivity index (χ4n) is 4.19. The van der Waals surface area contributed by atoms with E-state index in [9.17, 15) is 14.7 Å². The normalized spacial score (nSPS) is 21.4. The fourth-order valence-corrected chi connectivity index (χ4v) is 4.32. The average Bonchev–Trinajstić information content (AvgIpc) is 3.10. The number of carboxylic acid groups (broad SMARTS) is 1. The number of nitrogens with zero attached hydrogens (tertiary/aromatic N) is 2. The molecule has 2 fully saturated rings. The molecular weight excluding hydrogens is 392 g/mol. The lowest BCUT2D eigenvalue weighted by Crippen LogP contribution is -2.58. The second-order valence-corrected chi connectivity index (χ2v) is 7.99. The van der Waals surface area contributed by atoms with Crippen LogP contribution in [0.2, 0.25) is 5.02 Å². The summed E-state index contributed by atoms with van der Waals surface area (Å²) in [4.78, 5) is 28.8. The fraction of sp³-hybridized carbons (Fsp3) is 0.364. The van der Waals surface area contributed by atoms with Crippen LogP contribution in [0.4, 0.5) is 0 Å². The van der Waals surface area contributed by atoms with E-state index < -0.39 is 17.7 Å². The predicted octanol–water partition coefficient (Wildman–Crippen LogP) is 3.26. The molecule has 0 saturated carbocycles. The van der Waals surface area contributed by atoms with Gasteiger partial charge >= 0.3 is 5.97 Å². The minimum Gasteiger partial charge on any atom is -0.480 e. The van der Waals surface area contributed by atoms with Crippen molar-refractivity contribution in [1.29, 1.82) is 0 Å². The van der Waals surface area contributed by atoms with Crippen LogP contribution < -0.4 is 0 Å². The average molecular weight is 415 g/mol. The summed E-state index contributed by atoms with van der Waals surface area (Å²) in [6, 6.07) is 15.7. The highest BCUT2D eigenvalue weighted by molar-refractivity contribution is 6.30. The molecule has 0 radical (unpaired) electrons. The number of carbonyl (C=O) groups excluding carboxylic acids is 1. The number of piperidine rings is 1. The molecule has 2 aliphatic rings. The van der Waals surface area contributed by atoms with Gasteiger partial charge in [-0.3, -0.25) is 14.6 Å². The van der Waals surface area contributed by atoms with Gasteiger partial charge in [-0.25, -0.2) is 4.79 Å². The summed E-state index contributed by atoms with van der Waals surface area (Å²) < 4.78 is 6.00. The molecule has 1 amide bonds. The molecule has 6 nitrogen and oxygen atoms in total. The summed E-state index contributed by atoms with van der Waals surface area (Å²) in [7, 11) is 0. The van der Waals surface area contributed by atoms with E-state index in [1.54, 1.807) is 24.3 Å². The molecule has 152 valence electrons. The molecule has 1 N–H and O–H groups in total. The van der Waals surface area contributed by atoms with E-state index in [0.717, 1.165) is 19.6 Å². The van der Waals surface area contributed by atoms with E-state index in [-0.39, 0.29) is 12.5 Å². The first-order valence-corrected chi connectivity index (χ1v) is 10.1. The summed E-state index contributed by atoms with van der Waals surface area (Å²) in [5.41, 5.74) is 0.762. The van der Waals surface area contributed by atoms with E-state index >= 15 is 0 Å². The van der Waals surface area contributed by atoms with Crippen molar-refractivity contribution in [1.82, 2.24) is 9.80 Å². The molecule has 4 rings (SSSR count). The molecule has 2 aliphatic heterocycles. The van der Waals surface area contributed by atoms with Gasteiger partial charge in [0.05, 0.1) is 6.61 Å². The van der Waals surface area contributed by atoms with Gasteiger partial charge in [-0.05, 0) is 29.8 Å². The number of aliphatic carboxylic acids is 1. The minimum atomic E-state index is -1.05. The number of likely N-dealkylation sites (tertiary alicyclic amines) is 1. The van der Waals surface area contributed by atoms with Gasteiger partial charge in [0.1, 0.15) is 5.72 Å². The number of carbonyl (C=O) groups is 2. The Bertz CT molecular complexity index is 879. The van der Waals surface area contributed by atoms with Crippen LogP contribution in [-0.2, 0) is 16.1 Å². The van der Waals surface area contributed by atoms with Gasteiger partial charge in [0.25, 0.3) is 5.91 Å². The highest BCUT2D eigenvalue weighted by Crippen LogP contribution is 2.38. The minimum absolute atomic E-state index is 0.00729. The highest BCUT2D eigenvalue weighted by Gasteiger charge is 2.54. The summed E-state index contributed by atoms with van der Waals surface area (Å²) >= 11 is 5.93. The van der Waals surface area contributed by atoms with Crippen molar-refractivity contribution < 1.29 is 19.4 Å². The molecule has 2 aromatic carbocycles. The van der Waals surface area contributed by atoms with Crippen molar-refractivity contribution in [2.45, 2.75) is 31.2 Å². The Hall–Kier alpha value is -2.41. The van der Waals surface area contributed by atoms with Gasteiger partial charge < -0.3 is 9.84 Å². The number of benzene rings is 2. The number of carboxylic acids is 1. The monoisotopic (exact) mass is 414 g/mol. The molecule has 0 aromatic heterocycles. The standard InChI is InChI=1S/C22H23ClN2O4/c23-18-8-6-17(7-9-18)20(26)25-19(21(27)28)15-29-22(25)10-12-24(13-11-22)14-16-4-2-1-3-5-16/h1-9,19H,10-15H2,(H,27,28)/t19-/m1/s1. The second kappa shape index (κ2) is 8.14. The van der Waals surface area contributed by atoms with Gasteiger partial charge in [0.15, 0.2) is 6.04 Å². The largest absolute Gasteiger partial charge is 0.480 e. The smallest absolute Gasteiger partial charge is 0.328 e. The zero-order valence-electron chi connectivity index (χ0n) is 16.0. The molecule has 7 heteroatoms. The van der Waals surface area contributed by atoms with Crippen LogP contribution in [0.15, 0.2) is 54.6 Å². The van der Waals surface area contributed by atoms with E-state index in [1.807, 2.05) is 18.2 Å². The molecule has 2 aromatic rings. The maximum atomic E-state index is 13.2. The van der Waals surface area contributed by atoms with Crippen LogP contribution in [0.25, 0.3) is 0 Å². The van der Waals surface area contributed by atoms with Gasteiger partial charge in [0.2, 0.25) is 0 Å². The Kier molecular flexibility index (Phi) is 5.58. The number of ether oxygens (including phenoxy) is 1. The second-order valence-electron chi connectivity index (χ2n) is 7.56. The number of rotatable bonds is 4. The first-order chi connectivity index (χ1) is 14.0. The molecule has 1 spiro atoms. The first kappa shape index (κ1) is 19.9. The van der Waals surface area contributed by atoms with Crippen molar-refractivity contribution in [2.24, 2.45) is 0 Å². The third-order valence-electron chi connectivity index (χ3n) is 5.74. The van der Waals surface area contributed by atoms with E-state index in [1.165, 1.54) is 10.5 Å². The number of hydrogen-bond donors (Lipinski definition) is 1. The number of amides is 1. The van der Waals surface area contributed by atoms with Crippen LogP contribution in [0.5, 0.6) is 0 Å². The quantitative estimate of drug-likeness (QED) is 0.831. The van der Waals surface area contributed by atoms with E-state index in [4.69, 9.17) is 16.3 Å².